The molecule has 1 heterocycles. The Labute approximate surface area is 109 Å². The minimum atomic E-state index is 0.283. The van der Waals surface area contributed by atoms with Crippen molar-refractivity contribution in [2.45, 2.75) is 38.9 Å². The van der Waals surface area contributed by atoms with E-state index in [9.17, 15) is 0 Å². The average Bonchev–Trinajstić information content (AvgIpc) is 2.57. The Hall–Kier alpha value is -1.06. The molecule has 0 saturated heterocycles. The summed E-state index contributed by atoms with van der Waals surface area (Å²) in [7, 11) is 0. The number of hydrogen-bond donors (Lipinski definition) is 1. The second kappa shape index (κ2) is 6.76. The maximum Gasteiger partial charge on any atom is 0.0751 e. The molecule has 1 atom stereocenters. The van der Waals surface area contributed by atoms with Crippen molar-refractivity contribution in [1.82, 2.24) is 0 Å². The van der Waals surface area contributed by atoms with Gasteiger partial charge in [0.05, 0.1) is 25.4 Å². The van der Waals surface area contributed by atoms with Gasteiger partial charge in [0.1, 0.15) is 0 Å². The van der Waals surface area contributed by atoms with Gasteiger partial charge in [-0.1, -0.05) is 18.2 Å². The van der Waals surface area contributed by atoms with Gasteiger partial charge in [-0.2, -0.15) is 0 Å². The van der Waals surface area contributed by atoms with Crippen molar-refractivity contribution in [2.24, 2.45) is 0 Å². The number of fused-ring (bicyclic) bond motifs is 1. The molecule has 1 N–H and O–H groups in total. The van der Waals surface area contributed by atoms with Crippen LogP contribution in [0, 0.1) is 0 Å². The van der Waals surface area contributed by atoms with Gasteiger partial charge in [0.2, 0.25) is 0 Å². The molecule has 1 aliphatic rings. The molecule has 1 aromatic carbocycles. The average molecular weight is 249 g/mol. The Morgan fingerprint density at radius 2 is 2.11 bits per heavy atom. The topological polar surface area (TPSA) is 30.5 Å². The van der Waals surface area contributed by atoms with E-state index >= 15 is 0 Å². The van der Waals surface area contributed by atoms with Crippen molar-refractivity contribution < 1.29 is 9.47 Å². The van der Waals surface area contributed by atoms with Gasteiger partial charge in [0.25, 0.3) is 0 Å². The van der Waals surface area contributed by atoms with E-state index in [1.807, 2.05) is 13.8 Å². The first kappa shape index (κ1) is 13.4. The molecule has 18 heavy (non-hydrogen) atoms. The van der Waals surface area contributed by atoms with Gasteiger partial charge in [0, 0.05) is 12.2 Å². The Balaban J connectivity index is 1.74. The fraction of sp³-hybridized carbons (Fsp3) is 0.600. The summed E-state index contributed by atoms with van der Waals surface area (Å²) in [6.07, 6.45) is 2.73. The number of aryl methyl sites for hydroxylation is 1. The number of hydrogen-bond acceptors (Lipinski definition) is 3. The normalized spacial score (nSPS) is 19.2. The van der Waals surface area contributed by atoms with E-state index in [0.717, 1.165) is 19.4 Å². The molecule has 1 unspecified atom stereocenters. The van der Waals surface area contributed by atoms with Crippen LogP contribution in [0.5, 0.6) is 0 Å². The van der Waals surface area contributed by atoms with Crippen LogP contribution in [0.4, 0.5) is 5.69 Å². The van der Waals surface area contributed by atoms with Crippen molar-refractivity contribution >= 4 is 5.69 Å². The van der Waals surface area contributed by atoms with E-state index in [0.29, 0.717) is 13.2 Å². The molecule has 1 aliphatic heterocycles. The van der Waals surface area contributed by atoms with E-state index < -0.39 is 0 Å². The first-order valence-electron chi connectivity index (χ1n) is 6.80. The third-order valence-electron chi connectivity index (χ3n) is 3.16. The van der Waals surface area contributed by atoms with E-state index in [1.54, 1.807) is 0 Å². The summed E-state index contributed by atoms with van der Waals surface area (Å²) in [5.41, 5.74) is 2.64. The molecule has 0 amide bonds. The third-order valence-corrected chi connectivity index (χ3v) is 3.16. The van der Waals surface area contributed by atoms with E-state index in [2.05, 4.69) is 29.6 Å². The van der Waals surface area contributed by atoms with Crippen LogP contribution in [0.2, 0.25) is 0 Å². The lowest BCUT2D eigenvalue weighted by Crippen LogP contribution is -2.24. The fourth-order valence-electron chi connectivity index (χ4n) is 2.19. The molecule has 0 aromatic heterocycles. The van der Waals surface area contributed by atoms with E-state index in [4.69, 9.17) is 9.47 Å². The third kappa shape index (κ3) is 4.00. The molecular weight excluding hydrogens is 226 g/mol. The van der Waals surface area contributed by atoms with Crippen LogP contribution in [0.25, 0.3) is 0 Å². The van der Waals surface area contributed by atoms with Gasteiger partial charge in [-0.05, 0) is 38.3 Å². The predicted octanol–water partition coefficient (Wildman–Crippen LogP) is 2.85. The molecule has 0 bridgehead atoms. The van der Waals surface area contributed by atoms with Crippen molar-refractivity contribution in [3.05, 3.63) is 29.8 Å². The summed E-state index contributed by atoms with van der Waals surface area (Å²) in [4.78, 5) is 0. The predicted molar refractivity (Wildman–Crippen MR) is 74.1 cm³/mol. The molecule has 100 valence electrons. The molecule has 0 saturated carbocycles. The number of anilines is 1. The van der Waals surface area contributed by atoms with Gasteiger partial charge in [0.15, 0.2) is 0 Å². The zero-order valence-corrected chi connectivity index (χ0v) is 11.3. The minimum Gasteiger partial charge on any atom is -0.382 e. The molecule has 0 radical (unpaired) electrons. The van der Waals surface area contributed by atoms with Crippen LogP contribution >= 0.6 is 0 Å². The summed E-state index contributed by atoms with van der Waals surface area (Å²) in [5, 5.41) is 3.46. The van der Waals surface area contributed by atoms with Gasteiger partial charge >= 0.3 is 0 Å². The summed E-state index contributed by atoms with van der Waals surface area (Å²) >= 11 is 0. The minimum absolute atomic E-state index is 0.283. The van der Waals surface area contributed by atoms with Crippen molar-refractivity contribution in [3.8, 4) is 0 Å². The van der Waals surface area contributed by atoms with Gasteiger partial charge in [-0.25, -0.2) is 0 Å². The van der Waals surface area contributed by atoms with Crippen molar-refractivity contribution in [3.63, 3.8) is 0 Å². The van der Waals surface area contributed by atoms with Crippen LogP contribution in [-0.2, 0) is 15.9 Å². The fourth-order valence-corrected chi connectivity index (χ4v) is 2.19. The lowest BCUT2D eigenvalue weighted by molar-refractivity contribution is -0.0101. The van der Waals surface area contributed by atoms with Crippen molar-refractivity contribution in [2.75, 3.05) is 25.1 Å². The van der Waals surface area contributed by atoms with E-state index in [-0.39, 0.29) is 12.2 Å². The van der Waals surface area contributed by atoms with Crippen LogP contribution in [0.15, 0.2) is 24.3 Å². The highest BCUT2D eigenvalue weighted by Crippen LogP contribution is 2.21. The molecule has 2 rings (SSSR count). The first-order valence-corrected chi connectivity index (χ1v) is 6.80. The Morgan fingerprint density at radius 3 is 2.94 bits per heavy atom. The Kier molecular flexibility index (Phi) is 5.02. The SMILES string of the molecule is CC(C)OCCOC1CCc2ccccc2NC1. The first-order chi connectivity index (χ1) is 8.75. The number of benzene rings is 1. The van der Waals surface area contributed by atoms with Crippen LogP contribution in [0.1, 0.15) is 25.8 Å². The smallest absolute Gasteiger partial charge is 0.0751 e. The number of rotatable bonds is 5. The second-order valence-electron chi connectivity index (χ2n) is 4.99. The maximum atomic E-state index is 5.86. The monoisotopic (exact) mass is 249 g/mol. The molecule has 1 aromatic rings. The van der Waals surface area contributed by atoms with Crippen LogP contribution in [0.3, 0.4) is 0 Å². The number of ether oxygens (including phenoxy) is 2. The van der Waals surface area contributed by atoms with Gasteiger partial charge < -0.3 is 14.8 Å². The van der Waals surface area contributed by atoms with Crippen molar-refractivity contribution in [1.29, 1.82) is 0 Å². The zero-order chi connectivity index (χ0) is 12.8. The molecule has 3 heteroatoms. The quantitative estimate of drug-likeness (QED) is 0.814. The van der Waals surface area contributed by atoms with Crippen LogP contribution in [-0.4, -0.2) is 32.0 Å². The molecule has 0 spiro atoms. The highest BCUT2D eigenvalue weighted by atomic mass is 16.5. The highest BCUT2D eigenvalue weighted by Gasteiger charge is 2.15. The molecular formula is C15H23NO2. The zero-order valence-electron chi connectivity index (χ0n) is 11.3. The van der Waals surface area contributed by atoms with E-state index in [1.165, 1.54) is 11.3 Å². The molecule has 0 aliphatic carbocycles. The van der Waals surface area contributed by atoms with Gasteiger partial charge in [-0.15, -0.1) is 0 Å². The standard InChI is InChI=1S/C15H23NO2/c1-12(2)17-9-10-18-14-8-7-13-5-3-4-6-15(13)16-11-14/h3-6,12,14,16H,7-11H2,1-2H3. The number of nitrogens with one attached hydrogen (secondary N) is 1. The summed E-state index contributed by atoms with van der Waals surface area (Å²) < 4.78 is 11.3. The lowest BCUT2D eigenvalue weighted by atomic mass is 10.1. The summed E-state index contributed by atoms with van der Waals surface area (Å²) in [6, 6.07) is 8.49. The van der Waals surface area contributed by atoms with Gasteiger partial charge in [-0.3, -0.25) is 0 Å². The Bertz CT molecular complexity index is 338. The summed E-state index contributed by atoms with van der Waals surface area (Å²) in [5.74, 6) is 0. The number of para-hydroxylation sites is 1. The van der Waals surface area contributed by atoms with Crippen LogP contribution < -0.4 is 5.32 Å². The lowest BCUT2D eigenvalue weighted by Gasteiger charge is -2.16. The Morgan fingerprint density at radius 1 is 1.28 bits per heavy atom. The second-order valence-corrected chi connectivity index (χ2v) is 4.99. The largest absolute Gasteiger partial charge is 0.382 e. The molecule has 3 nitrogen and oxygen atoms in total. The maximum absolute atomic E-state index is 5.86. The highest BCUT2D eigenvalue weighted by molar-refractivity contribution is 5.51. The molecule has 0 fully saturated rings. The summed E-state index contributed by atoms with van der Waals surface area (Å²) in [6.45, 7) is 6.34.